The lowest BCUT2D eigenvalue weighted by Crippen LogP contribution is -2.49. The summed E-state index contributed by atoms with van der Waals surface area (Å²) in [5.41, 5.74) is -0.884. The van der Waals surface area contributed by atoms with Gasteiger partial charge in [0.15, 0.2) is 0 Å². The molecule has 26 heavy (non-hydrogen) atoms. The molecule has 1 fully saturated rings. The lowest BCUT2D eigenvalue weighted by atomic mass is 10.3. The van der Waals surface area contributed by atoms with E-state index in [1.54, 1.807) is 16.7 Å². The third-order valence-corrected chi connectivity index (χ3v) is 4.02. The molecule has 10 heteroatoms. The molecule has 0 bridgehead atoms. The van der Waals surface area contributed by atoms with Crippen LogP contribution in [0.3, 0.4) is 0 Å². The normalized spacial score (nSPS) is 16.7. The van der Waals surface area contributed by atoms with Crippen molar-refractivity contribution in [1.29, 1.82) is 0 Å². The number of rotatable bonds is 7. The highest BCUT2D eigenvalue weighted by Crippen LogP contribution is 2.28. The maximum atomic E-state index is 12.5. The summed E-state index contributed by atoms with van der Waals surface area (Å²) in [5, 5.41) is 9.11. The Hall–Kier alpha value is -1.94. The Balaban J connectivity index is 1.73. The van der Waals surface area contributed by atoms with Gasteiger partial charge in [-0.05, 0) is 13.3 Å². The molecule has 1 saturated heterocycles. The number of amides is 1. The number of ether oxygens (including phenoxy) is 1. The smallest absolute Gasteiger partial charge is 0.393 e. The molecule has 1 aromatic rings. The van der Waals surface area contributed by atoms with E-state index in [9.17, 15) is 18.0 Å². The first kappa shape index (κ1) is 20.4. The van der Waals surface area contributed by atoms with Gasteiger partial charge in [-0.1, -0.05) is 0 Å². The van der Waals surface area contributed by atoms with Crippen LogP contribution in [0.15, 0.2) is 12.4 Å². The molecule has 1 N–H and O–H groups in total. The third kappa shape index (κ3) is 6.10. The lowest BCUT2D eigenvalue weighted by Gasteiger charge is -2.34. The molecule has 1 aliphatic rings. The van der Waals surface area contributed by atoms with Crippen molar-refractivity contribution in [3.63, 3.8) is 0 Å². The highest BCUT2D eigenvalue weighted by molar-refractivity contribution is 5.76. The highest BCUT2D eigenvalue weighted by atomic mass is 19.4. The van der Waals surface area contributed by atoms with Crippen LogP contribution in [0, 0.1) is 0 Å². The molecule has 0 aliphatic carbocycles. The minimum Gasteiger partial charge on any atom is -0.393 e. The monoisotopic (exact) mass is 376 g/mol. The molecule has 1 aromatic heterocycles. The van der Waals surface area contributed by atoms with Gasteiger partial charge in [0.1, 0.15) is 0 Å². The van der Waals surface area contributed by atoms with Crippen molar-refractivity contribution in [3.05, 3.63) is 18.0 Å². The predicted octanol–water partition coefficient (Wildman–Crippen LogP) is 1.32. The number of aliphatic hydroxyl groups excluding tert-OH is 1. The summed E-state index contributed by atoms with van der Waals surface area (Å²) in [6.07, 6.45) is -2.56. The molecule has 1 atom stereocenters. The molecule has 7 nitrogen and oxygen atoms in total. The van der Waals surface area contributed by atoms with Crippen LogP contribution < -0.4 is 4.90 Å². The second-order valence-electron chi connectivity index (χ2n) is 6.14. The first-order chi connectivity index (χ1) is 12.3. The number of hydrogen-bond acceptors (Lipinski definition) is 6. The van der Waals surface area contributed by atoms with Crippen molar-refractivity contribution >= 4 is 11.9 Å². The minimum absolute atomic E-state index is 0.0324. The number of halogens is 3. The predicted molar refractivity (Wildman–Crippen MR) is 87.6 cm³/mol. The van der Waals surface area contributed by atoms with Gasteiger partial charge >= 0.3 is 6.18 Å². The zero-order valence-corrected chi connectivity index (χ0v) is 14.6. The molecular formula is C16H23F3N4O3. The standard InChI is InChI=1S/C16H23F3N4O3/c1-12(24)2-8-26-9-3-14(25)22-4-6-23(7-5-22)15-20-10-13(11-21-15)16(17,18)19/h10-12,24H,2-9H2,1H3. The largest absolute Gasteiger partial charge is 0.419 e. The van der Waals surface area contributed by atoms with Crippen molar-refractivity contribution in [2.45, 2.75) is 32.0 Å². The summed E-state index contributed by atoms with van der Waals surface area (Å²) in [6, 6.07) is 0. The Morgan fingerprint density at radius 1 is 1.23 bits per heavy atom. The number of piperazine rings is 1. The van der Waals surface area contributed by atoms with Crippen LogP contribution in [0.25, 0.3) is 0 Å². The van der Waals surface area contributed by atoms with Crippen LogP contribution in [0.2, 0.25) is 0 Å². The van der Waals surface area contributed by atoms with Crippen molar-refractivity contribution in [3.8, 4) is 0 Å². The van der Waals surface area contributed by atoms with Crippen molar-refractivity contribution in [2.75, 3.05) is 44.3 Å². The molecule has 0 aromatic carbocycles. The number of aromatic nitrogens is 2. The zero-order valence-electron chi connectivity index (χ0n) is 14.6. The topological polar surface area (TPSA) is 78.8 Å². The molecule has 1 unspecified atom stereocenters. The van der Waals surface area contributed by atoms with Crippen LogP contribution in [-0.2, 0) is 15.7 Å². The van der Waals surface area contributed by atoms with Gasteiger partial charge in [0.2, 0.25) is 11.9 Å². The zero-order chi connectivity index (χ0) is 19.2. The summed E-state index contributed by atoms with van der Waals surface area (Å²) < 4.78 is 42.9. The number of alkyl halides is 3. The maximum Gasteiger partial charge on any atom is 0.419 e. The van der Waals surface area contributed by atoms with Crippen molar-refractivity contribution in [2.24, 2.45) is 0 Å². The number of aliphatic hydroxyl groups is 1. The first-order valence-corrected chi connectivity index (χ1v) is 8.45. The molecule has 0 saturated carbocycles. The molecule has 1 amide bonds. The molecule has 2 rings (SSSR count). The summed E-state index contributed by atoms with van der Waals surface area (Å²) in [4.78, 5) is 23.1. The third-order valence-electron chi connectivity index (χ3n) is 4.02. The van der Waals surface area contributed by atoms with Crippen molar-refractivity contribution < 1.29 is 27.8 Å². The van der Waals surface area contributed by atoms with E-state index in [1.165, 1.54) is 0 Å². The lowest BCUT2D eigenvalue weighted by molar-refractivity contribution is -0.138. The fourth-order valence-electron chi connectivity index (χ4n) is 2.46. The molecule has 146 valence electrons. The van der Waals surface area contributed by atoms with E-state index < -0.39 is 17.8 Å². The van der Waals surface area contributed by atoms with Crippen LogP contribution >= 0.6 is 0 Å². The Labute approximate surface area is 149 Å². The Morgan fingerprint density at radius 2 is 1.85 bits per heavy atom. The average molecular weight is 376 g/mol. The fraction of sp³-hybridized carbons (Fsp3) is 0.688. The molecule has 0 spiro atoms. The molecule has 0 radical (unpaired) electrons. The second-order valence-corrected chi connectivity index (χ2v) is 6.14. The Bertz CT molecular complexity index is 573. The molecule has 2 heterocycles. The number of hydrogen-bond donors (Lipinski definition) is 1. The number of nitrogens with zero attached hydrogens (tertiary/aromatic N) is 4. The van der Waals surface area contributed by atoms with Gasteiger partial charge in [-0.3, -0.25) is 4.79 Å². The number of anilines is 1. The Morgan fingerprint density at radius 3 is 2.38 bits per heavy atom. The van der Waals surface area contributed by atoms with E-state index in [0.717, 1.165) is 12.4 Å². The highest BCUT2D eigenvalue weighted by Gasteiger charge is 2.32. The van der Waals surface area contributed by atoms with Crippen LogP contribution in [-0.4, -0.2) is 71.4 Å². The van der Waals surface area contributed by atoms with E-state index in [-0.39, 0.29) is 18.3 Å². The van der Waals surface area contributed by atoms with Crippen LogP contribution in [0.1, 0.15) is 25.3 Å². The van der Waals surface area contributed by atoms with E-state index in [4.69, 9.17) is 9.84 Å². The number of carbonyl (C=O) groups excluding carboxylic acids is 1. The summed E-state index contributed by atoms with van der Waals surface area (Å²) in [6.45, 7) is 4.21. The van der Waals surface area contributed by atoms with Gasteiger partial charge in [-0.15, -0.1) is 0 Å². The average Bonchev–Trinajstić information content (AvgIpc) is 2.60. The Kier molecular flexibility index (Phi) is 7.15. The van der Waals surface area contributed by atoms with E-state index in [1.807, 2.05) is 0 Å². The summed E-state index contributed by atoms with van der Waals surface area (Å²) in [7, 11) is 0. The fourth-order valence-corrected chi connectivity index (χ4v) is 2.46. The van der Waals surface area contributed by atoms with Crippen molar-refractivity contribution in [1.82, 2.24) is 14.9 Å². The quantitative estimate of drug-likeness (QED) is 0.724. The second kappa shape index (κ2) is 9.13. The number of carbonyl (C=O) groups is 1. The summed E-state index contributed by atoms with van der Waals surface area (Å²) >= 11 is 0. The van der Waals surface area contributed by atoms with Gasteiger partial charge < -0.3 is 19.6 Å². The first-order valence-electron chi connectivity index (χ1n) is 8.45. The van der Waals surface area contributed by atoms with Gasteiger partial charge in [-0.2, -0.15) is 13.2 Å². The van der Waals surface area contributed by atoms with Gasteiger partial charge in [0.05, 0.1) is 24.7 Å². The van der Waals surface area contributed by atoms with Crippen LogP contribution in [0.4, 0.5) is 19.1 Å². The van der Waals surface area contributed by atoms with E-state index in [0.29, 0.717) is 45.8 Å². The van der Waals surface area contributed by atoms with Gasteiger partial charge in [0.25, 0.3) is 0 Å². The summed E-state index contributed by atoms with van der Waals surface area (Å²) in [5.74, 6) is 0.196. The molecule has 1 aliphatic heterocycles. The van der Waals surface area contributed by atoms with Gasteiger partial charge in [-0.25, -0.2) is 9.97 Å². The minimum atomic E-state index is -4.46. The SMILES string of the molecule is CC(O)CCOCCC(=O)N1CCN(c2ncc(C(F)(F)F)cn2)CC1. The molecular weight excluding hydrogens is 353 g/mol. The maximum absolute atomic E-state index is 12.5. The van der Waals surface area contributed by atoms with E-state index in [2.05, 4.69) is 9.97 Å². The van der Waals surface area contributed by atoms with Gasteiger partial charge in [0, 0.05) is 45.2 Å². The van der Waals surface area contributed by atoms with E-state index >= 15 is 0 Å². The van der Waals surface area contributed by atoms with Crippen LogP contribution in [0.5, 0.6) is 0 Å².